The van der Waals surface area contributed by atoms with Gasteiger partial charge in [0.05, 0.1) is 9.79 Å². The van der Waals surface area contributed by atoms with Crippen LogP contribution in [0, 0.1) is 0 Å². The minimum absolute atomic E-state index is 0.0175. The fourth-order valence-electron chi connectivity index (χ4n) is 2.94. The smallest absolute Gasteiger partial charge is 0.261 e. The number of carbonyl (C=O) groups is 1. The summed E-state index contributed by atoms with van der Waals surface area (Å²) in [5.41, 5.74) is 0.934. The molecule has 1 aliphatic carbocycles. The van der Waals surface area contributed by atoms with Crippen molar-refractivity contribution in [2.24, 2.45) is 0 Å². The zero-order chi connectivity index (χ0) is 22.8. The van der Waals surface area contributed by atoms with Crippen LogP contribution in [-0.2, 0) is 20.0 Å². The third-order valence-corrected chi connectivity index (χ3v) is 7.67. The highest BCUT2D eigenvalue weighted by Crippen LogP contribution is 2.23. The summed E-state index contributed by atoms with van der Waals surface area (Å²) in [6, 6.07) is 19.9. The predicted molar refractivity (Wildman–Crippen MR) is 121 cm³/mol. The lowest BCUT2D eigenvalue weighted by Crippen LogP contribution is -2.25. The molecule has 0 aromatic heterocycles. The van der Waals surface area contributed by atoms with Crippen LogP contribution in [0.4, 0.5) is 11.4 Å². The number of nitrogens with one attached hydrogen (secondary N) is 3. The molecule has 0 aliphatic heterocycles. The summed E-state index contributed by atoms with van der Waals surface area (Å²) in [7, 11) is -7.36. The van der Waals surface area contributed by atoms with Gasteiger partial charge in [-0.2, -0.15) is 0 Å². The van der Waals surface area contributed by atoms with E-state index in [2.05, 4.69) is 14.8 Å². The Morgan fingerprint density at radius 3 is 2.03 bits per heavy atom. The molecule has 4 rings (SSSR count). The zero-order valence-corrected chi connectivity index (χ0v) is 18.5. The van der Waals surface area contributed by atoms with Crippen LogP contribution in [-0.4, -0.2) is 28.8 Å². The van der Waals surface area contributed by atoms with Crippen LogP contribution in [0.25, 0.3) is 0 Å². The van der Waals surface area contributed by atoms with Crippen LogP contribution in [0.5, 0.6) is 0 Å². The molecule has 3 aromatic carbocycles. The number of hydrogen-bond acceptors (Lipinski definition) is 5. The van der Waals surface area contributed by atoms with Crippen molar-refractivity contribution in [3.8, 4) is 0 Å². The summed E-state index contributed by atoms with van der Waals surface area (Å²) < 4.78 is 54.6. The number of anilines is 2. The molecule has 0 bridgehead atoms. The first-order valence-electron chi connectivity index (χ1n) is 9.85. The van der Waals surface area contributed by atoms with Crippen molar-refractivity contribution < 1.29 is 21.6 Å². The van der Waals surface area contributed by atoms with Gasteiger partial charge in [-0.15, -0.1) is 0 Å². The van der Waals surface area contributed by atoms with E-state index in [1.54, 1.807) is 30.3 Å². The van der Waals surface area contributed by atoms with E-state index >= 15 is 0 Å². The van der Waals surface area contributed by atoms with E-state index in [0.29, 0.717) is 11.4 Å². The number of rotatable bonds is 8. The second kappa shape index (κ2) is 8.73. The molecule has 166 valence electrons. The minimum Gasteiger partial charge on any atom is -0.322 e. The Morgan fingerprint density at radius 1 is 0.719 bits per heavy atom. The molecule has 1 aliphatic rings. The van der Waals surface area contributed by atoms with Gasteiger partial charge in [0.1, 0.15) is 0 Å². The topological polar surface area (TPSA) is 121 Å². The summed E-state index contributed by atoms with van der Waals surface area (Å²) in [6.45, 7) is 0. The van der Waals surface area contributed by atoms with E-state index < -0.39 is 26.0 Å². The molecule has 0 atom stereocenters. The maximum absolute atomic E-state index is 12.6. The van der Waals surface area contributed by atoms with Crippen LogP contribution >= 0.6 is 0 Å². The van der Waals surface area contributed by atoms with E-state index in [1.165, 1.54) is 48.5 Å². The molecule has 1 saturated carbocycles. The molecule has 3 aromatic rings. The zero-order valence-electron chi connectivity index (χ0n) is 16.9. The van der Waals surface area contributed by atoms with Crippen molar-refractivity contribution >= 4 is 37.3 Å². The summed E-state index contributed by atoms with van der Waals surface area (Å²) >= 11 is 0. The Balaban J connectivity index is 1.44. The summed E-state index contributed by atoms with van der Waals surface area (Å²) in [6.07, 6.45) is 1.65. The van der Waals surface area contributed by atoms with Gasteiger partial charge in [-0.3, -0.25) is 9.52 Å². The highest BCUT2D eigenvalue weighted by Gasteiger charge is 2.28. The quantitative estimate of drug-likeness (QED) is 0.466. The first-order chi connectivity index (χ1) is 15.2. The molecule has 0 spiro atoms. The van der Waals surface area contributed by atoms with Crippen LogP contribution < -0.4 is 14.8 Å². The molecule has 0 saturated heterocycles. The maximum atomic E-state index is 12.6. The average Bonchev–Trinajstić information content (AvgIpc) is 3.58. The Morgan fingerprint density at radius 2 is 1.38 bits per heavy atom. The van der Waals surface area contributed by atoms with Crippen LogP contribution in [0.15, 0.2) is 88.7 Å². The highest BCUT2D eigenvalue weighted by molar-refractivity contribution is 7.92. The number of sulfonamides is 2. The standard InChI is InChI=1S/C22H21N3O5S2/c26-22(23-19-5-4-8-21(15-19)32(29,30)25-18-13-14-18)16-9-11-17(12-10-16)24-31(27,28)20-6-2-1-3-7-20/h1-12,15,18,24-25H,13-14H2,(H,23,26). The van der Waals surface area contributed by atoms with E-state index in [-0.39, 0.29) is 21.4 Å². The summed E-state index contributed by atoms with van der Waals surface area (Å²) in [5, 5.41) is 2.66. The van der Waals surface area contributed by atoms with E-state index in [1.807, 2.05) is 0 Å². The van der Waals surface area contributed by atoms with Gasteiger partial charge in [-0.25, -0.2) is 21.6 Å². The molecule has 0 radical (unpaired) electrons. The van der Waals surface area contributed by atoms with Gasteiger partial charge in [0.25, 0.3) is 15.9 Å². The molecule has 3 N–H and O–H groups in total. The normalized spacial score (nSPS) is 14.0. The van der Waals surface area contributed by atoms with Gasteiger partial charge in [0, 0.05) is 23.0 Å². The monoisotopic (exact) mass is 471 g/mol. The van der Waals surface area contributed by atoms with E-state index in [9.17, 15) is 21.6 Å². The second-order valence-corrected chi connectivity index (χ2v) is 10.8. The fourth-order valence-corrected chi connectivity index (χ4v) is 5.37. The minimum atomic E-state index is -3.73. The summed E-state index contributed by atoms with van der Waals surface area (Å²) in [4.78, 5) is 12.8. The van der Waals surface area contributed by atoms with Crippen molar-refractivity contribution in [1.29, 1.82) is 0 Å². The number of benzene rings is 3. The van der Waals surface area contributed by atoms with Crippen LogP contribution in [0.2, 0.25) is 0 Å². The van der Waals surface area contributed by atoms with Crippen molar-refractivity contribution in [1.82, 2.24) is 4.72 Å². The molecule has 10 heteroatoms. The molecule has 0 heterocycles. The summed E-state index contributed by atoms with van der Waals surface area (Å²) in [5.74, 6) is -0.452. The van der Waals surface area contributed by atoms with Crippen LogP contribution in [0.3, 0.4) is 0 Å². The lowest BCUT2D eigenvalue weighted by Gasteiger charge is -2.10. The van der Waals surface area contributed by atoms with Crippen LogP contribution in [0.1, 0.15) is 23.2 Å². The highest BCUT2D eigenvalue weighted by atomic mass is 32.2. The van der Waals surface area contributed by atoms with Crippen molar-refractivity contribution in [3.05, 3.63) is 84.4 Å². The van der Waals surface area contributed by atoms with Gasteiger partial charge in [-0.1, -0.05) is 24.3 Å². The third-order valence-electron chi connectivity index (χ3n) is 4.75. The first-order valence-corrected chi connectivity index (χ1v) is 12.8. The van der Waals surface area contributed by atoms with Gasteiger partial charge >= 0.3 is 0 Å². The number of amides is 1. The lowest BCUT2D eigenvalue weighted by molar-refractivity contribution is 0.102. The predicted octanol–water partition coefficient (Wildman–Crippen LogP) is 3.18. The lowest BCUT2D eigenvalue weighted by atomic mass is 10.2. The van der Waals surface area contributed by atoms with Crippen molar-refractivity contribution in [2.45, 2.75) is 28.7 Å². The first kappa shape index (κ1) is 22.0. The Kier molecular flexibility index (Phi) is 6.00. The SMILES string of the molecule is O=C(Nc1cccc(S(=O)(=O)NC2CC2)c1)c1ccc(NS(=O)(=O)c2ccccc2)cc1. The van der Waals surface area contributed by atoms with Gasteiger partial charge < -0.3 is 5.32 Å². The van der Waals surface area contributed by atoms with E-state index in [0.717, 1.165) is 12.8 Å². The number of carbonyl (C=O) groups excluding carboxylic acids is 1. The van der Waals surface area contributed by atoms with Gasteiger partial charge in [0.2, 0.25) is 10.0 Å². The number of hydrogen-bond donors (Lipinski definition) is 3. The Hall–Kier alpha value is -3.21. The largest absolute Gasteiger partial charge is 0.322 e. The van der Waals surface area contributed by atoms with E-state index in [4.69, 9.17) is 0 Å². The van der Waals surface area contributed by atoms with Crippen molar-refractivity contribution in [2.75, 3.05) is 10.0 Å². The third kappa shape index (κ3) is 5.34. The average molecular weight is 472 g/mol. The fraction of sp³-hybridized carbons (Fsp3) is 0.136. The molecule has 8 nitrogen and oxygen atoms in total. The molecular weight excluding hydrogens is 450 g/mol. The molecule has 1 fully saturated rings. The van der Waals surface area contributed by atoms with Crippen molar-refractivity contribution in [3.63, 3.8) is 0 Å². The Labute approximate surface area is 186 Å². The molecular formula is C22H21N3O5S2. The maximum Gasteiger partial charge on any atom is 0.261 e. The van der Waals surface area contributed by atoms with Gasteiger partial charge in [0.15, 0.2) is 0 Å². The Bertz CT molecular complexity index is 1340. The second-order valence-electron chi connectivity index (χ2n) is 7.37. The molecule has 1 amide bonds. The molecule has 0 unspecified atom stereocenters. The molecule has 32 heavy (non-hydrogen) atoms. The van der Waals surface area contributed by atoms with Gasteiger partial charge in [-0.05, 0) is 67.4 Å².